The first-order valence-electron chi connectivity index (χ1n) is 7.47. The Balaban J connectivity index is 1.65. The van der Waals surface area contributed by atoms with Crippen LogP contribution in [0.1, 0.15) is 42.2 Å². The van der Waals surface area contributed by atoms with E-state index in [2.05, 4.69) is 30.4 Å². The molecule has 4 heteroatoms. The van der Waals surface area contributed by atoms with Crippen molar-refractivity contribution in [2.75, 3.05) is 13.2 Å². The maximum absolute atomic E-state index is 10.2. The third-order valence-corrected chi connectivity index (χ3v) is 4.71. The summed E-state index contributed by atoms with van der Waals surface area (Å²) in [4.78, 5) is 0. The summed E-state index contributed by atoms with van der Waals surface area (Å²) >= 11 is 1.62. The molecule has 0 amide bonds. The van der Waals surface area contributed by atoms with Crippen LogP contribution in [0.2, 0.25) is 0 Å². The fourth-order valence-corrected chi connectivity index (χ4v) is 3.46. The summed E-state index contributed by atoms with van der Waals surface area (Å²) in [5, 5.41) is 17.7. The molecule has 112 valence electrons. The molecule has 2 unspecified atom stereocenters. The van der Waals surface area contributed by atoms with E-state index in [1.54, 1.807) is 11.3 Å². The van der Waals surface area contributed by atoms with Crippen molar-refractivity contribution in [2.24, 2.45) is 0 Å². The number of fused-ring (bicyclic) bond motifs is 1. The van der Waals surface area contributed by atoms with E-state index >= 15 is 0 Å². The lowest BCUT2D eigenvalue weighted by atomic mass is 10.0. The fourth-order valence-electron chi connectivity index (χ4n) is 2.76. The molecule has 2 heterocycles. The molecule has 2 atom stereocenters. The number of ether oxygens (including phenoxy) is 1. The summed E-state index contributed by atoms with van der Waals surface area (Å²) in [7, 11) is 0. The highest BCUT2D eigenvalue weighted by Crippen LogP contribution is 2.29. The van der Waals surface area contributed by atoms with Crippen molar-refractivity contribution in [1.82, 2.24) is 5.32 Å². The van der Waals surface area contributed by atoms with Gasteiger partial charge in [-0.25, -0.2) is 0 Å². The van der Waals surface area contributed by atoms with E-state index in [0.29, 0.717) is 6.54 Å². The molecule has 2 aromatic rings. The maximum atomic E-state index is 10.2. The predicted molar refractivity (Wildman–Crippen MR) is 86.0 cm³/mol. The summed E-state index contributed by atoms with van der Waals surface area (Å²) in [5.74, 6) is 1.02. The molecule has 1 aromatic carbocycles. The maximum Gasteiger partial charge on any atom is 0.122 e. The van der Waals surface area contributed by atoms with Gasteiger partial charge >= 0.3 is 0 Å². The number of nitrogens with one attached hydrogen (secondary N) is 1. The molecule has 0 fully saturated rings. The Morgan fingerprint density at radius 1 is 1.33 bits per heavy atom. The standard InChI is InChI=1S/C17H21NO2S/c1-2-15(18-10-16(19)14-6-8-21-11-14)12-3-4-17-13(9-12)5-7-20-17/h3-4,6,8-9,11,15-16,18-19H,2,5,7,10H2,1H3. The predicted octanol–water partition coefficient (Wildman–Crippen LogP) is 3.46. The van der Waals surface area contributed by atoms with Gasteiger partial charge in [0.15, 0.2) is 0 Å². The molecule has 0 saturated carbocycles. The highest BCUT2D eigenvalue weighted by Gasteiger charge is 2.17. The molecule has 21 heavy (non-hydrogen) atoms. The van der Waals surface area contributed by atoms with Gasteiger partial charge in [0.05, 0.1) is 12.7 Å². The van der Waals surface area contributed by atoms with Crippen LogP contribution in [-0.2, 0) is 6.42 Å². The normalized spacial score (nSPS) is 16.3. The summed E-state index contributed by atoms with van der Waals surface area (Å²) < 4.78 is 5.55. The second kappa shape index (κ2) is 6.60. The molecule has 0 saturated heterocycles. The Labute approximate surface area is 129 Å². The van der Waals surface area contributed by atoms with Crippen molar-refractivity contribution in [3.8, 4) is 5.75 Å². The highest BCUT2D eigenvalue weighted by atomic mass is 32.1. The number of aliphatic hydroxyl groups is 1. The highest BCUT2D eigenvalue weighted by molar-refractivity contribution is 7.07. The molecule has 3 nitrogen and oxygen atoms in total. The van der Waals surface area contributed by atoms with Crippen LogP contribution in [0.5, 0.6) is 5.75 Å². The van der Waals surface area contributed by atoms with Crippen LogP contribution in [0.4, 0.5) is 0 Å². The average molecular weight is 303 g/mol. The number of aliphatic hydroxyl groups excluding tert-OH is 1. The monoisotopic (exact) mass is 303 g/mol. The first-order valence-corrected chi connectivity index (χ1v) is 8.41. The third kappa shape index (κ3) is 3.28. The van der Waals surface area contributed by atoms with E-state index < -0.39 is 6.10 Å². The minimum Gasteiger partial charge on any atom is -0.493 e. The first kappa shape index (κ1) is 14.6. The van der Waals surface area contributed by atoms with Gasteiger partial charge in [-0.2, -0.15) is 11.3 Å². The van der Waals surface area contributed by atoms with Gasteiger partial charge in [0, 0.05) is 19.0 Å². The third-order valence-electron chi connectivity index (χ3n) is 4.01. The molecule has 2 N–H and O–H groups in total. The molecule has 0 bridgehead atoms. The number of hydrogen-bond donors (Lipinski definition) is 2. The van der Waals surface area contributed by atoms with E-state index in [4.69, 9.17) is 4.74 Å². The average Bonchev–Trinajstić information content (AvgIpc) is 3.18. The first-order chi connectivity index (χ1) is 10.3. The zero-order valence-electron chi connectivity index (χ0n) is 12.2. The largest absolute Gasteiger partial charge is 0.493 e. The van der Waals surface area contributed by atoms with Gasteiger partial charge in [-0.05, 0) is 46.0 Å². The SMILES string of the molecule is CCC(NCC(O)c1ccsc1)c1ccc2c(c1)CCO2. The van der Waals surface area contributed by atoms with Gasteiger partial charge in [0.1, 0.15) is 5.75 Å². The molecule has 0 aliphatic carbocycles. The van der Waals surface area contributed by atoms with Crippen molar-refractivity contribution >= 4 is 11.3 Å². The van der Waals surface area contributed by atoms with Crippen LogP contribution in [0.3, 0.4) is 0 Å². The quantitative estimate of drug-likeness (QED) is 0.859. The lowest BCUT2D eigenvalue weighted by Crippen LogP contribution is -2.26. The number of rotatable bonds is 6. The van der Waals surface area contributed by atoms with Crippen LogP contribution in [-0.4, -0.2) is 18.3 Å². The summed E-state index contributed by atoms with van der Waals surface area (Å²) in [6.45, 7) is 3.53. The summed E-state index contributed by atoms with van der Waals surface area (Å²) in [6.07, 6.45) is 1.55. The van der Waals surface area contributed by atoms with Crippen molar-refractivity contribution in [3.63, 3.8) is 0 Å². The van der Waals surface area contributed by atoms with Crippen LogP contribution in [0, 0.1) is 0 Å². The van der Waals surface area contributed by atoms with Crippen molar-refractivity contribution in [1.29, 1.82) is 0 Å². The van der Waals surface area contributed by atoms with Crippen molar-refractivity contribution < 1.29 is 9.84 Å². The molecular weight excluding hydrogens is 282 g/mol. The van der Waals surface area contributed by atoms with E-state index in [1.165, 1.54) is 11.1 Å². The summed E-state index contributed by atoms with van der Waals surface area (Å²) in [5.41, 5.74) is 3.56. The molecule has 0 spiro atoms. The van der Waals surface area contributed by atoms with Gasteiger partial charge in [-0.3, -0.25) is 0 Å². The Morgan fingerprint density at radius 3 is 3.00 bits per heavy atom. The van der Waals surface area contributed by atoms with Gasteiger partial charge in [0.25, 0.3) is 0 Å². The van der Waals surface area contributed by atoms with Crippen molar-refractivity contribution in [3.05, 3.63) is 51.7 Å². The number of thiophene rings is 1. The lowest BCUT2D eigenvalue weighted by Gasteiger charge is -2.20. The second-order valence-corrected chi connectivity index (χ2v) is 6.19. The van der Waals surface area contributed by atoms with E-state index in [9.17, 15) is 5.11 Å². The Bertz CT molecular complexity index is 582. The van der Waals surface area contributed by atoms with Crippen LogP contribution >= 0.6 is 11.3 Å². The topological polar surface area (TPSA) is 41.5 Å². The number of benzene rings is 1. The van der Waals surface area contributed by atoms with Crippen LogP contribution in [0.25, 0.3) is 0 Å². The lowest BCUT2D eigenvalue weighted by molar-refractivity contribution is 0.170. The molecular formula is C17H21NO2S. The number of hydrogen-bond acceptors (Lipinski definition) is 4. The van der Waals surface area contributed by atoms with Gasteiger partial charge in [-0.1, -0.05) is 19.1 Å². The molecule has 3 rings (SSSR count). The fraction of sp³-hybridized carbons (Fsp3) is 0.412. The smallest absolute Gasteiger partial charge is 0.122 e. The molecule has 0 radical (unpaired) electrons. The Hall–Kier alpha value is -1.36. The van der Waals surface area contributed by atoms with Gasteiger partial charge in [0.2, 0.25) is 0 Å². The van der Waals surface area contributed by atoms with Crippen LogP contribution in [0.15, 0.2) is 35.0 Å². The van der Waals surface area contributed by atoms with Crippen LogP contribution < -0.4 is 10.1 Å². The molecule has 1 aliphatic rings. The Morgan fingerprint density at radius 2 is 2.24 bits per heavy atom. The Kier molecular flexibility index (Phi) is 4.58. The van der Waals surface area contributed by atoms with Gasteiger partial charge in [-0.15, -0.1) is 0 Å². The summed E-state index contributed by atoms with van der Waals surface area (Å²) in [6, 6.07) is 8.68. The molecule has 1 aliphatic heterocycles. The van der Waals surface area contributed by atoms with E-state index in [-0.39, 0.29) is 6.04 Å². The van der Waals surface area contributed by atoms with Crippen molar-refractivity contribution in [2.45, 2.75) is 31.9 Å². The minimum atomic E-state index is -0.442. The van der Waals surface area contributed by atoms with E-state index in [0.717, 1.165) is 30.8 Å². The molecule has 1 aromatic heterocycles. The second-order valence-electron chi connectivity index (χ2n) is 5.41. The van der Waals surface area contributed by atoms with Gasteiger partial charge < -0.3 is 15.2 Å². The zero-order chi connectivity index (χ0) is 14.7. The minimum absolute atomic E-state index is 0.268. The zero-order valence-corrected chi connectivity index (χ0v) is 13.0. The van der Waals surface area contributed by atoms with E-state index in [1.807, 2.05) is 16.8 Å².